The molecule has 8 heteroatoms. The monoisotopic (exact) mass is 446 g/mol. The Morgan fingerprint density at radius 3 is 2.15 bits per heavy atom. The standard InChI is InChI=1S/C25H22N2O6/c1-32-18-12-10-17(11-13-18)26-21(28)15-33-22(29)9-4-14-27-24(30)19-7-2-5-16-6-3-8-20(23(16)19)25(27)31/h2-3,5-8,10-13H,4,9,14-15H2,1H3,(H,26,28). The van der Waals surface area contributed by atoms with Crippen LogP contribution in [0, 0.1) is 0 Å². The molecule has 0 saturated carbocycles. The third kappa shape index (κ3) is 4.69. The van der Waals surface area contributed by atoms with Crippen LogP contribution in [0.4, 0.5) is 5.69 Å². The van der Waals surface area contributed by atoms with E-state index in [-0.39, 0.29) is 31.2 Å². The van der Waals surface area contributed by atoms with Gasteiger partial charge in [0.15, 0.2) is 6.61 Å². The van der Waals surface area contributed by atoms with Crippen molar-refractivity contribution in [3.63, 3.8) is 0 Å². The van der Waals surface area contributed by atoms with Gasteiger partial charge in [-0.2, -0.15) is 0 Å². The lowest BCUT2D eigenvalue weighted by atomic mass is 9.94. The van der Waals surface area contributed by atoms with E-state index >= 15 is 0 Å². The van der Waals surface area contributed by atoms with Gasteiger partial charge in [0, 0.05) is 35.2 Å². The SMILES string of the molecule is COc1ccc(NC(=O)COC(=O)CCCN2C(=O)c3cccc4cccc(c34)C2=O)cc1. The zero-order chi connectivity index (χ0) is 23.4. The number of ether oxygens (including phenoxy) is 2. The van der Waals surface area contributed by atoms with Crippen molar-refractivity contribution >= 4 is 40.2 Å². The summed E-state index contributed by atoms with van der Waals surface area (Å²) in [6.07, 6.45) is 0.202. The van der Waals surface area contributed by atoms with E-state index in [9.17, 15) is 19.2 Å². The average Bonchev–Trinajstić information content (AvgIpc) is 2.83. The number of carbonyl (C=O) groups excluding carboxylic acids is 4. The minimum absolute atomic E-state index is 0.0290. The largest absolute Gasteiger partial charge is 0.497 e. The number of esters is 1. The Hall–Kier alpha value is -4.20. The molecule has 0 bridgehead atoms. The van der Waals surface area contributed by atoms with Crippen LogP contribution < -0.4 is 10.1 Å². The molecule has 8 nitrogen and oxygen atoms in total. The van der Waals surface area contributed by atoms with E-state index in [1.54, 1.807) is 55.6 Å². The van der Waals surface area contributed by atoms with Crippen LogP contribution >= 0.6 is 0 Å². The molecule has 0 unspecified atom stereocenters. The number of rotatable bonds is 8. The molecule has 33 heavy (non-hydrogen) atoms. The molecule has 0 aliphatic carbocycles. The van der Waals surface area contributed by atoms with Gasteiger partial charge in [-0.3, -0.25) is 24.1 Å². The first-order chi connectivity index (χ1) is 16.0. The maximum Gasteiger partial charge on any atom is 0.306 e. The van der Waals surface area contributed by atoms with E-state index < -0.39 is 18.5 Å². The highest BCUT2D eigenvalue weighted by atomic mass is 16.5. The number of nitrogens with one attached hydrogen (secondary N) is 1. The predicted molar refractivity (Wildman–Crippen MR) is 121 cm³/mol. The molecule has 3 aromatic carbocycles. The van der Waals surface area contributed by atoms with Crippen LogP contribution in [-0.4, -0.2) is 48.9 Å². The Morgan fingerprint density at radius 2 is 1.55 bits per heavy atom. The fourth-order valence-electron chi connectivity index (χ4n) is 3.75. The van der Waals surface area contributed by atoms with E-state index in [0.717, 1.165) is 10.3 Å². The van der Waals surface area contributed by atoms with Gasteiger partial charge in [0.25, 0.3) is 17.7 Å². The zero-order valence-electron chi connectivity index (χ0n) is 18.0. The molecule has 1 heterocycles. The number of methoxy groups -OCH3 is 1. The normalized spacial score (nSPS) is 12.6. The smallest absolute Gasteiger partial charge is 0.306 e. The number of benzene rings is 3. The molecule has 4 rings (SSSR count). The predicted octanol–water partition coefficient (Wildman–Crippen LogP) is 3.41. The maximum absolute atomic E-state index is 12.8. The molecule has 3 aromatic rings. The van der Waals surface area contributed by atoms with E-state index in [1.807, 2.05) is 12.1 Å². The summed E-state index contributed by atoms with van der Waals surface area (Å²) >= 11 is 0. The van der Waals surface area contributed by atoms with Gasteiger partial charge in [-0.1, -0.05) is 24.3 Å². The zero-order valence-corrected chi connectivity index (χ0v) is 18.0. The summed E-state index contributed by atoms with van der Waals surface area (Å²) in [7, 11) is 1.55. The summed E-state index contributed by atoms with van der Waals surface area (Å²) < 4.78 is 10.1. The van der Waals surface area contributed by atoms with Crippen LogP contribution in [0.2, 0.25) is 0 Å². The van der Waals surface area contributed by atoms with Crippen LogP contribution in [0.25, 0.3) is 10.8 Å². The summed E-state index contributed by atoms with van der Waals surface area (Å²) in [5.74, 6) is -1.16. The van der Waals surface area contributed by atoms with Crippen molar-refractivity contribution in [1.29, 1.82) is 0 Å². The number of carbonyl (C=O) groups is 4. The van der Waals surface area contributed by atoms with Gasteiger partial charge in [-0.25, -0.2) is 0 Å². The van der Waals surface area contributed by atoms with Crippen molar-refractivity contribution in [2.45, 2.75) is 12.8 Å². The summed E-state index contributed by atoms with van der Waals surface area (Å²) in [6.45, 7) is -0.350. The number of imide groups is 1. The van der Waals surface area contributed by atoms with Crippen molar-refractivity contribution in [2.24, 2.45) is 0 Å². The Morgan fingerprint density at radius 1 is 0.909 bits per heavy atom. The lowest BCUT2D eigenvalue weighted by molar-refractivity contribution is -0.147. The minimum atomic E-state index is -0.584. The van der Waals surface area contributed by atoms with Gasteiger partial charge in [-0.15, -0.1) is 0 Å². The highest BCUT2D eigenvalue weighted by Gasteiger charge is 2.32. The summed E-state index contributed by atoms with van der Waals surface area (Å²) in [5.41, 5.74) is 1.50. The maximum atomic E-state index is 12.8. The molecule has 0 atom stereocenters. The molecular weight excluding hydrogens is 424 g/mol. The highest BCUT2D eigenvalue weighted by Crippen LogP contribution is 2.30. The molecule has 1 aliphatic rings. The van der Waals surface area contributed by atoms with Crippen molar-refractivity contribution in [3.8, 4) is 5.75 Å². The Kier molecular flexibility index (Phi) is 6.35. The molecule has 168 valence electrons. The number of hydrogen-bond donors (Lipinski definition) is 1. The first kappa shape index (κ1) is 22.0. The minimum Gasteiger partial charge on any atom is -0.497 e. The van der Waals surface area contributed by atoms with Gasteiger partial charge in [0.2, 0.25) is 0 Å². The van der Waals surface area contributed by atoms with Gasteiger partial charge in [-0.05, 0) is 48.2 Å². The van der Waals surface area contributed by atoms with Crippen LogP contribution in [-0.2, 0) is 14.3 Å². The van der Waals surface area contributed by atoms with E-state index in [2.05, 4.69) is 5.32 Å². The first-order valence-electron chi connectivity index (χ1n) is 10.5. The van der Waals surface area contributed by atoms with Gasteiger partial charge in [0.1, 0.15) is 5.75 Å². The van der Waals surface area contributed by atoms with Crippen LogP contribution in [0.5, 0.6) is 5.75 Å². The first-order valence-corrected chi connectivity index (χ1v) is 10.5. The third-order valence-electron chi connectivity index (χ3n) is 5.36. The van der Waals surface area contributed by atoms with E-state index in [1.165, 1.54) is 0 Å². The second-order valence-corrected chi connectivity index (χ2v) is 7.51. The molecule has 0 fully saturated rings. The number of hydrogen-bond acceptors (Lipinski definition) is 6. The summed E-state index contributed by atoms with van der Waals surface area (Å²) in [6, 6.07) is 17.4. The molecular formula is C25H22N2O6. The molecule has 1 N–H and O–H groups in total. The Labute approximate surface area is 190 Å². The molecule has 0 saturated heterocycles. The number of nitrogens with zero attached hydrogens (tertiary/aromatic N) is 1. The van der Waals surface area contributed by atoms with Gasteiger partial charge >= 0.3 is 5.97 Å². The fourth-order valence-corrected chi connectivity index (χ4v) is 3.75. The third-order valence-corrected chi connectivity index (χ3v) is 5.36. The van der Waals surface area contributed by atoms with Crippen molar-refractivity contribution < 1.29 is 28.7 Å². The van der Waals surface area contributed by atoms with Crippen LogP contribution in [0.1, 0.15) is 33.6 Å². The topological polar surface area (TPSA) is 102 Å². The molecule has 3 amide bonds. The fraction of sp³-hybridized carbons (Fsp3) is 0.200. The van der Waals surface area contributed by atoms with E-state index in [0.29, 0.717) is 28.0 Å². The molecule has 0 radical (unpaired) electrons. The Balaban J connectivity index is 1.27. The van der Waals surface area contributed by atoms with E-state index in [4.69, 9.17) is 9.47 Å². The lowest BCUT2D eigenvalue weighted by Crippen LogP contribution is -2.41. The van der Waals surface area contributed by atoms with Crippen molar-refractivity contribution in [1.82, 2.24) is 4.90 Å². The lowest BCUT2D eigenvalue weighted by Gasteiger charge is -2.27. The van der Waals surface area contributed by atoms with Crippen molar-refractivity contribution in [3.05, 3.63) is 71.8 Å². The summed E-state index contributed by atoms with van der Waals surface area (Å²) in [5, 5.41) is 4.11. The average molecular weight is 446 g/mol. The Bertz CT molecular complexity index is 1180. The second kappa shape index (κ2) is 9.52. The highest BCUT2D eigenvalue weighted by molar-refractivity contribution is 6.25. The molecule has 0 spiro atoms. The quantitative estimate of drug-likeness (QED) is 0.420. The van der Waals surface area contributed by atoms with Gasteiger partial charge in [0.05, 0.1) is 7.11 Å². The number of anilines is 1. The second-order valence-electron chi connectivity index (χ2n) is 7.51. The van der Waals surface area contributed by atoms with Crippen LogP contribution in [0.3, 0.4) is 0 Å². The number of amides is 3. The van der Waals surface area contributed by atoms with Crippen molar-refractivity contribution in [2.75, 3.05) is 25.6 Å². The van der Waals surface area contributed by atoms with Crippen LogP contribution in [0.15, 0.2) is 60.7 Å². The molecule has 0 aromatic heterocycles. The van der Waals surface area contributed by atoms with Gasteiger partial charge < -0.3 is 14.8 Å². The molecule has 1 aliphatic heterocycles. The summed E-state index contributed by atoms with van der Waals surface area (Å²) in [4.78, 5) is 50.8.